The molecule has 1 fully saturated rings. The van der Waals surface area contributed by atoms with Gasteiger partial charge in [-0.25, -0.2) is 0 Å². The molecule has 1 aliphatic heterocycles. The maximum absolute atomic E-state index is 12.3. The second-order valence-corrected chi connectivity index (χ2v) is 4.42. The molecular weight excluding hydrogens is 263 g/mol. The number of likely N-dealkylation sites (tertiary alicyclic amines) is 1. The van der Waals surface area contributed by atoms with Crippen LogP contribution in [0.2, 0.25) is 0 Å². The number of nitrogens with zero attached hydrogens (tertiary/aromatic N) is 1. The zero-order valence-electron chi connectivity index (χ0n) is 9.76. The average molecular weight is 275 g/mol. The fourth-order valence-electron chi connectivity index (χ4n) is 1.81. The number of carbonyl (C=O) groups excluding carboxylic acids is 1. The van der Waals surface area contributed by atoms with Gasteiger partial charge in [-0.3, -0.25) is 4.79 Å². The maximum atomic E-state index is 12.3. The first-order valence-corrected chi connectivity index (χ1v) is 5.61. The van der Waals surface area contributed by atoms with Crippen molar-refractivity contribution in [2.24, 2.45) is 0 Å². The van der Waals surface area contributed by atoms with Gasteiger partial charge in [0.15, 0.2) is 6.10 Å². The summed E-state index contributed by atoms with van der Waals surface area (Å²) in [7, 11) is 0. The third kappa shape index (κ3) is 2.87. The number of hydrogen-bond donors (Lipinski definition) is 2. The Morgan fingerprint density at radius 1 is 1.26 bits per heavy atom. The van der Waals surface area contributed by atoms with Gasteiger partial charge in [0.1, 0.15) is 0 Å². The van der Waals surface area contributed by atoms with Crippen molar-refractivity contribution in [2.75, 3.05) is 13.1 Å². The average Bonchev–Trinajstić information content (AvgIpc) is 2.32. The highest BCUT2D eigenvalue weighted by Crippen LogP contribution is 2.30. The van der Waals surface area contributed by atoms with E-state index in [-0.39, 0.29) is 18.7 Å². The molecule has 0 saturated carbocycles. The van der Waals surface area contributed by atoms with Crippen molar-refractivity contribution < 1.29 is 28.2 Å². The Kier molecular flexibility index (Phi) is 3.51. The Morgan fingerprint density at radius 2 is 1.79 bits per heavy atom. The molecule has 4 nitrogen and oxygen atoms in total. The SMILES string of the molecule is O=C(C(O)c1ccc(C(F)(F)F)cc1)N1CC(O)C1. The van der Waals surface area contributed by atoms with Crippen molar-refractivity contribution in [3.8, 4) is 0 Å². The summed E-state index contributed by atoms with van der Waals surface area (Å²) in [4.78, 5) is 12.9. The Morgan fingerprint density at radius 3 is 2.21 bits per heavy atom. The summed E-state index contributed by atoms with van der Waals surface area (Å²) in [5.41, 5.74) is -0.741. The van der Waals surface area contributed by atoms with Crippen molar-refractivity contribution >= 4 is 5.91 Å². The quantitative estimate of drug-likeness (QED) is 0.844. The smallest absolute Gasteiger partial charge is 0.389 e. The highest BCUT2D eigenvalue weighted by molar-refractivity contribution is 5.82. The zero-order chi connectivity index (χ0) is 14.2. The molecule has 104 valence electrons. The Hall–Kier alpha value is -1.60. The van der Waals surface area contributed by atoms with Crippen LogP contribution >= 0.6 is 0 Å². The molecule has 7 heteroatoms. The second kappa shape index (κ2) is 4.82. The van der Waals surface area contributed by atoms with Crippen LogP contribution in [0.4, 0.5) is 13.2 Å². The monoisotopic (exact) mass is 275 g/mol. The predicted molar refractivity (Wildman–Crippen MR) is 59.0 cm³/mol. The summed E-state index contributed by atoms with van der Waals surface area (Å²) in [6.07, 6.45) is -6.55. The molecule has 1 heterocycles. The van der Waals surface area contributed by atoms with Gasteiger partial charge < -0.3 is 15.1 Å². The van der Waals surface area contributed by atoms with Crippen LogP contribution < -0.4 is 0 Å². The van der Waals surface area contributed by atoms with Crippen LogP contribution in [0, 0.1) is 0 Å². The number of β-amino-alcohol motifs (C(OH)–C–C–N with tert-alkyl or cyclic N) is 1. The van der Waals surface area contributed by atoms with Crippen molar-refractivity contribution in [3.63, 3.8) is 0 Å². The van der Waals surface area contributed by atoms with Gasteiger partial charge >= 0.3 is 6.18 Å². The summed E-state index contributed by atoms with van der Waals surface area (Å²) in [5, 5.41) is 18.8. The van der Waals surface area contributed by atoms with Crippen LogP contribution in [0.15, 0.2) is 24.3 Å². The number of hydrogen-bond acceptors (Lipinski definition) is 3. The molecular formula is C12H12F3NO3. The van der Waals surface area contributed by atoms with Crippen molar-refractivity contribution in [1.29, 1.82) is 0 Å². The fourth-order valence-corrected chi connectivity index (χ4v) is 1.81. The normalized spacial score (nSPS) is 18.1. The van der Waals surface area contributed by atoms with E-state index in [4.69, 9.17) is 5.11 Å². The number of benzene rings is 1. The van der Waals surface area contributed by atoms with E-state index in [0.29, 0.717) is 0 Å². The predicted octanol–water partition coefficient (Wildman–Crippen LogP) is 0.942. The molecule has 2 rings (SSSR count). The number of aliphatic hydroxyl groups excluding tert-OH is 2. The molecule has 0 aromatic heterocycles. The molecule has 1 saturated heterocycles. The third-order valence-corrected chi connectivity index (χ3v) is 2.96. The molecule has 1 aromatic carbocycles. The van der Waals surface area contributed by atoms with Gasteiger partial charge in [0.2, 0.25) is 0 Å². The molecule has 0 spiro atoms. The van der Waals surface area contributed by atoms with E-state index >= 15 is 0 Å². The molecule has 19 heavy (non-hydrogen) atoms. The molecule has 1 amide bonds. The van der Waals surface area contributed by atoms with Crippen LogP contribution in [0.5, 0.6) is 0 Å². The van der Waals surface area contributed by atoms with E-state index in [1.165, 1.54) is 4.90 Å². The van der Waals surface area contributed by atoms with E-state index in [1.807, 2.05) is 0 Å². The second-order valence-electron chi connectivity index (χ2n) is 4.42. The molecule has 0 bridgehead atoms. The van der Waals surface area contributed by atoms with Crippen LogP contribution in [0.1, 0.15) is 17.2 Å². The van der Waals surface area contributed by atoms with Crippen LogP contribution in [0.25, 0.3) is 0 Å². The standard InChI is InChI=1S/C12H12F3NO3/c13-12(14,15)8-3-1-7(2-4-8)10(18)11(19)16-5-9(17)6-16/h1-4,9-10,17-18H,5-6H2. The van der Waals surface area contributed by atoms with Gasteiger partial charge in [-0.05, 0) is 17.7 Å². The molecule has 0 aliphatic carbocycles. The molecule has 1 aliphatic rings. The lowest BCUT2D eigenvalue weighted by atomic mass is 10.0. The summed E-state index contributed by atoms with van der Waals surface area (Å²) >= 11 is 0. The maximum Gasteiger partial charge on any atom is 0.416 e. The Bertz CT molecular complexity index is 466. The lowest BCUT2D eigenvalue weighted by Crippen LogP contribution is -2.54. The lowest BCUT2D eigenvalue weighted by Gasteiger charge is -2.37. The summed E-state index contributed by atoms with van der Waals surface area (Å²) in [6, 6.07) is 3.77. The van der Waals surface area contributed by atoms with Gasteiger partial charge in [-0.2, -0.15) is 13.2 Å². The fraction of sp³-hybridized carbons (Fsp3) is 0.417. The van der Waals surface area contributed by atoms with Crippen molar-refractivity contribution in [3.05, 3.63) is 35.4 Å². The number of carbonyl (C=O) groups is 1. The van der Waals surface area contributed by atoms with Gasteiger partial charge in [0, 0.05) is 13.1 Å². The highest BCUT2D eigenvalue weighted by Gasteiger charge is 2.34. The number of halogens is 3. The van der Waals surface area contributed by atoms with E-state index in [1.54, 1.807) is 0 Å². The van der Waals surface area contributed by atoms with E-state index < -0.39 is 29.9 Å². The van der Waals surface area contributed by atoms with Crippen LogP contribution in [0.3, 0.4) is 0 Å². The number of aliphatic hydroxyl groups is 2. The van der Waals surface area contributed by atoms with Gasteiger partial charge in [-0.1, -0.05) is 12.1 Å². The lowest BCUT2D eigenvalue weighted by molar-refractivity contribution is -0.150. The zero-order valence-corrected chi connectivity index (χ0v) is 9.76. The number of amides is 1. The minimum atomic E-state index is -4.45. The van der Waals surface area contributed by atoms with E-state index in [9.17, 15) is 23.1 Å². The van der Waals surface area contributed by atoms with Crippen molar-refractivity contribution in [2.45, 2.75) is 18.4 Å². The Labute approximate surface area is 107 Å². The van der Waals surface area contributed by atoms with E-state index in [2.05, 4.69) is 0 Å². The van der Waals surface area contributed by atoms with Crippen LogP contribution in [-0.4, -0.2) is 40.2 Å². The first-order valence-electron chi connectivity index (χ1n) is 5.61. The largest absolute Gasteiger partial charge is 0.416 e. The molecule has 1 unspecified atom stereocenters. The minimum absolute atomic E-state index is 0.0967. The van der Waals surface area contributed by atoms with Crippen molar-refractivity contribution in [1.82, 2.24) is 4.90 Å². The molecule has 1 aromatic rings. The summed E-state index contributed by atoms with van der Waals surface area (Å²) in [5.74, 6) is -0.620. The first-order chi connectivity index (χ1) is 8.79. The highest BCUT2D eigenvalue weighted by atomic mass is 19.4. The minimum Gasteiger partial charge on any atom is -0.389 e. The topological polar surface area (TPSA) is 60.8 Å². The first kappa shape index (κ1) is 13.8. The van der Waals surface area contributed by atoms with Gasteiger partial charge in [0.05, 0.1) is 11.7 Å². The number of alkyl halides is 3. The summed E-state index contributed by atoms with van der Waals surface area (Å²) in [6.45, 7) is 0.271. The molecule has 1 atom stereocenters. The third-order valence-electron chi connectivity index (χ3n) is 2.96. The van der Waals surface area contributed by atoms with Crippen LogP contribution in [-0.2, 0) is 11.0 Å². The van der Waals surface area contributed by atoms with Gasteiger partial charge in [-0.15, -0.1) is 0 Å². The molecule has 0 radical (unpaired) electrons. The van der Waals surface area contributed by atoms with Gasteiger partial charge in [0.25, 0.3) is 5.91 Å². The van der Waals surface area contributed by atoms with E-state index in [0.717, 1.165) is 24.3 Å². The summed E-state index contributed by atoms with van der Waals surface area (Å²) < 4.78 is 37.0. The molecule has 2 N–H and O–H groups in total. The Balaban J connectivity index is 2.07. The number of rotatable bonds is 2.